The molecule has 0 spiro atoms. The van der Waals surface area contributed by atoms with Gasteiger partial charge in [0.15, 0.2) is 0 Å². The minimum absolute atomic E-state index is 0.621. The molecule has 0 aromatic heterocycles. The highest BCUT2D eigenvalue weighted by atomic mass is 35.5. The van der Waals surface area contributed by atoms with Crippen LogP contribution in [0.4, 0.5) is 0 Å². The molecular formula is C11H14Cl3N. The standard InChI is InChI=1S/C11H14Cl3N/c1-2-15(7-6-12)8-9-10(13)4-3-5-11(9)14/h3-5H,2,6-8H2,1H3. The predicted octanol–water partition coefficient (Wildman–Crippen LogP) is 4.05. The third-order valence-corrected chi connectivity index (χ3v) is 3.17. The molecule has 0 atom stereocenters. The molecule has 1 rings (SSSR count). The molecule has 0 aliphatic heterocycles. The number of benzene rings is 1. The van der Waals surface area contributed by atoms with E-state index in [-0.39, 0.29) is 0 Å². The van der Waals surface area contributed by atoms with E-state index in [0.717, 1.165) is 35.2 Å². The average molecular weight is 267 g/mol. The Bertz CT molecular complexity index is 294. The van der Waals surface area contributed by atoms with Gasteiger partial charge in [-0.2, -0.15) is 0 Å². The van der Waals surface area contributed by atoms with Crippen LogP contribution in [0.15, 0.2) is 18.2 Å². The molecule has 1 nitrogen and oxygen atoms in total. The zero-order chi connectivity index (χ0) is 11.3. The fraction of sp³-hybridized carbons (Fsp3) is 0.455. The van der Waals surface area contributed by atoms with Gasteiger partial charge in [0.05, 0.1) is 0 Å². The van der Waals surface area contributed by atoms with Gasteiger partial charge in [-0.1, -0.05) is 36.2 Å². The van der Waals surface area contributed by atoms with E-state index in [1.54, 1.807) is 0 Å². The van der Waals surface area contributed by atoms with Gasteiger partial charge in [-0.15, -0.1) is 11.6 Å². The van der Waals surface area contributed by atoms with Gasteiger partial charge in [0.1, 0.15) is 0 Å². The molecule has 4 heteroatoms. The van der Waals surface area contributed by atoms with Crippen molar-refractivity contribution in [1.82, 2.24) is 4.90 Å². The lowest BCUT2D eigenvalue weighted by Gasteiger charge is -2.20. The SMILES string of the molecule is CCN(CCCl)Cc1c(Cl)cccc1Cl. The molecule has 1 aromatic rings. The molecule has 0 amide bonds. The minimum atomic E-state index is 0.621. The van der Waals surface area contributed by atoms with Crippen LogP contribution in [0, 0.1) is 0 Å². The van der Waals surface area contributed by atoms with E-state index in [9.17, 15) is 0 Å². The lowest BCUT2D eigenvalue weighted by atomic mass is 10.2. The van der Waals surface area contributed by atoms with Gasteiger partial charge >= 0.3 is 0 Å². The van der Waals surface area contributed by atoms with Crippen molar-refractivity contribution in [1.29, 1.82) is 0 Å². The van der Waals surface area contributed by atoms with Crippen molar-refractivity contribution >= 4 is 34.8 Å². The second-order valence-corrected chi connectivity index (χ2v) is 4.45. The first-order valence-electron chi connectivity index (χ1n) is 4.90. The number of hydrogen-bond donors (Lipinski definition) is 0. The number of halogens is 3. The smallest absolute Gasteiger partial charge is 0.0465 e. The topological polar surface area (TPSA) is 3.24 Å². The summed E-state index contributed by atoms with van der Waals surface area (Å²) in [4.78, 5) is 2.21. The summed E-state index contributed by atoms with van der Waals surface area (Å²) >= 11 is 17.9. The molecule has 84 valence electrons. The summed E-state index contributed by atoms with van der Waals surface area (Å²) in [6.07, 6.45) is 0. The molecule has 0 bridgehead atoms. The summed E-state index contributed by atoms with van der Waals surface area (Å²) in [5, 5.41) is 1.44. The molecule has 0 aliphatic rings. The predicted molar refractivity (Wildman–Crippen MR) is 68.1 cm³/mol. The second kappa shape index (κ2) is 6.59. The van der Waals surface area contributed by atoms with Crippen molar-refractivity contribution in [3.8, 4) is 0 Å². The van der Waals surface area contributed by atoms with Crippen LogP contribution in [0.1, 0.15) is 12.5 Å². The van der Waals surface area contributed by atoms with E-state index in [1.807, 2.05) is 18.2 Å². The number of nitrogens with zero attached hydrogens (tertiary/aromatic N) is 1. The van der Waals surface area contributed by atoms with Crippen LogP contribution in [0.2, 0.25) is 10.0 Å². The monoisotopic (exact) mass is 265 g/mol. The van der Waals surface area contributed by atoms with Gasteiger partial charge < -0.3 is 0 Å². The molecule has 0 saturated heterocycles. The van der Waals surface area contributed by atoms with E-state index in [2.05, 4.69) is 11.8 Å². The van der Waals surface area contributed by atoms with Gasteiger partial charge in [0.2, 0.25) is 0 Å². The first-order valence-corrected chi connectivity index (χ1v) is 6.19. The van der Waals surface area contributed by atoms with Crippen molar-refractivity contribution in [2.24, 2.45) is 0 Å². The van der Waals surface area contributed by atoms with E-state index in [0.29, 0.717) is 5.88 Å². The summed E-state index contributed by atoms with van der Waals surface area (Å²) in [6.45, 7) is 4.63. The maximum atomic E-state index is 6.09. The van der Waals surface area contributed by atoms with E-state index >= 15 is 0 Å². The Balaban J connectivity index is 2.78. The van der Waals surface area contributed by atoms with Crippen LogP contribution in [0.3, 0.4) is 0 Å². The van der Waals surface area contributed by atoms with E-state index < -0.39 is 0 Å². The van der Waals surface area contributed by atoms with Gasteiger partial charge in [0, 0.05) is 34.6 Å². The molecule has 0 heterocycles. The quantitative estimate of drug-likeness (QED) is 0.727. The van der Waals surface area contributed by atoms with Gasteiger partial charge in [-0.3, -0.25) is 4.90 Å². The Morgan fingerprint density at radius 3 is 2.27 bits per heavy atom. The molecule has 0 N–H and O–H groups in total. The molecular weight excluding hydrogens is 252 g/mol. The third kappa shape index (κ3) is 3.84. The van der Waals surface area contributed by atoms with E-state index in [4.69, 9.17) is 34.8 Å². The molecule has 1 aromatic carbocycles. The van der Waals surface area contributed by atoms with Crippen LogP contribution in [-0.4, -0.2) is 23.9 Å². The Morgan fingerprint density at radius 2 is 1.80 bits per heavy atom. The lowest BCUT2D eigenvalue weighted by molar-refractivity contribution is 0.298. The highest BCUT2D eigenvalue weighted by Crippen LogP contribution is 2.25. The zero-order valence-electron chi connectivity index (χ0n) is 8.64. The summed E-state index contributed by atoms with van der Waals surface area (Å²) in [5.41, 5.74) is 0.979. The van der Waals surface area contributed by atoms with Crippen molar-refractivity contribution in [3.63, 3.8) is 0 Å². The normalized spacial score (nSPS) is 11.0. The highest BCUT2D eigenvalue weighted by molar-refractivity contribution is 6.35. The Labute approximate surface area is 106 Å². The number of hydrogen-bond acceptors (Lipinski definition) is 1. The molecule has 0 unspecified atom stereocenters. The van der Waals surface area contributed by atoms with Gasteiger partial charge in [-0.05, 0) is 18.7 Å². The van der Waals surface area contributed by atoms with Crippen molar-refractivity contribution in [2.45, 2.75) is 13.5 Å². The molecule has 0 radical (unpaired) electrons. The first kappa shape index (κ1) is 13.1. The van der Waals surface area contributed by atoms with E-state index in [1.165, 1.54) is 0 Å². The summed E-state index contributed by atoms with van der Waals surface area (Å²) < 4.78 is 0. The van der Waals surface area contributed by atoms with Crippen LogP contribution in [0.25, 0.3) is 0 Å². The highest BCUT2D eigenvalue weighted by Gasteiger charge is 2.09. The first-order chi connectivity index (χ1) is 7.19. The third-order valence-electron chi connectivity index (χ3n) is 2.29. The Morgan fingerprint density at radius 1 is 1.20 bits per heavy atom. The van der Waals surface area contributed by atoms with Crippen LogP contribution in [-0.2, 0) is 6.54 Å². The molecule has 0 aliphatic carbocycles. The van der Waals surface area contributed by atoms with Crippen LogP contribution in [0.5, 0.6) is 0 Å². The fourth-order valence-corrected chi connectivity index (χ4v) is 2.13. The van der Waals surface area contributed by atoms with Crippen LogP contribution < -0.4 is 0 Å². The van der Waals surface area contributed by atoms with Crippen LogP contribution >= 0.6 is 34.8 Å². The molecule has 15 heavy (non-hydrogen) atoms. The maximum Gasteiger partial charge on any atom is 0.0465 e. The fourth-order valence-electron chi connectivity index (χ4n) is 1.38. The van der Waals surface area contributed by atoms with Gasteiger partial charge in [0.25, 0.3) is 0 Å². The zero-order valence-corrected chi connectivity index (χ0v) is 10.9. The second-order valence-electron chi connectivity index (χ2n) is 3.26. The maximum absolute atomic E-state index is 6.09. The lowest BCUT2D eigenvalue weighted by Crippen LogP contribution is -2.25. The summed E-state index contributed by atoms with van der Waals surface area (Å²) in [6, 6.07) is 5.57. The molecule has 0 saturated carbocycles. The van der Waals surface area contributed by atoms with Crippen molar-refractivity contribution in [3.05, 3.63) is 33.8 Å². The number of rotatable bonds is 5. The summed E-state index contributed by atoms with van der Waals surface area (Å²) in [7, 11) is 0. The summed E-state index contributed by atoms with van der Waals surface area (Å²) in [5.74, 6) is 0.621. The minimum Gasteiger partial charge on any atom is -0.298 e. The largest absolute Gasteiger partial charge is 0.298 e. The van der Waals surface area contributed by atoms with Crippen molar-refractivity contribution < 1.29 is 0 Å². The van der Waals surface area contributed by atoms with Gasteiger partial charge in [-0.25, -0.2) is 0 Å². The molecule has 0 fully saturated rings. The Hall–Kier alpha value is 0.0500. The average Bonchev–Trinajstić information content (AvgIpc) is 2.22. The van der Waals surface area contributed by atoms with Crippen molar-refractivity contribution in [2.75, 3.05) is 19.0 Å². The number of alkyl halides is 1. The Kier molecular flexibility index (Phi) is 5.77.